The molecule has 2 aromatic heterocycles. The maximum absolute atomic E-state index is 13.3. The molecule has 3 rings (SSSR count). The van der Waals surface area contributed by atoms with Crippen LogP contribution in [0.15, 0.2) is 16.9 Å². The molecule has 0 radical (unpaired) electrons. The Morgan fingerprint density at radius 2 is 2.15 bits per heavy atom. The van der Waals surface area contributed by atoms with Crippen molar-refractivity contribution in [2.75, 3.05) is 20.6 Å². The van der Waals surface area contributed by atoms with Gasteiger partial charge in [-0.15, -0.1) is 0 Å². The molecular formula is C19H27N5O2. The van der Waals surface area contributed by atoms with E-state index in [1.54, 1.807) is 19.3 Å². The lowest BCUT2D eigenvalue weighted by molar-refractivity contribution is 0.0729. The standard InChI is InChI=1S/C19H27N5O2/c1-12(2)18-17(13(3)26-22-18)19(25)24-8-6-7-16(24)15-10-20-9-14(21-15)11-23(4)5/h9-10,12,16H,6-8,11H2,1-5H3. The molecule has 0 bridgehead atoms. The first-order valence-electron chi connectivity index (χ1n) is 9.11. The van der Waals surface area contributed by atoms with Crippen molar-refractivity contribution in [2.24, 2.45) is 0 Å². The van der Waals surface area contributed by atoms with Gasteiger partial charge in [-0.3, -0.25) is 14.8 Å². The Kier molecular flexibility index (Phi) is 5.36. The van der Waals surface area contributed by atoms with Gasteiger partial charge in [0, 0.05) is 19.3 Å². The number of hydrogen-bond donors (Lipinski definition) is 0. The van der Waals surface area contributed by atoms with Crippen LogP contribution in [0.2, 0.25) is 0 Å². The minimum absolute atomic E-state index is 0.0187. The van der Waals surface area contributed by atoms with Crippen molar-refractivity contribution in [1.82, 2.24) is 24.9 Å². The number of hydrogen-bond acceptors (Lipinski definition) is 6. The van der Waals surface area contributed by atoms with Crippen LogP contribution in [0.1, 0.15) is 71.8 Å². The van der Waals surface area contributed by atoms with Crippen LogP contribution >= 0.6 is 0 Å². The molecule has 0 aliphatic carbocycles. The van der Waals surface area contributed by atoms with E-state index in [1.165, 1.54) is 0 Å². The van der Waals surface area contributed by atoms with Crippen molar-refractivity contribution in [3.8, 4) is 0 Å². The van der Waals surface area contributed by atoms with Crippen LogP contribution in [-0.4, -0.2) is 51.5 Å². The fraction of sp³-hybridized carbons (Fsp3) is 0.579. The van der Waals surface area contributed by atoms with E-state index >= 15 is 0 Å². The van der Waals surface area contributed by atoms with Gasteiger partial charge in [0.05, 0.1) is 29.3 Å². The minimum atomic E-state index is -0.0496. The van der Waals surface area contributed by atoms with Crippen LogP contribution < -0.4 is 0 Å². The van der Waals surface area contributed by atoms with E-state index in [4.69, 9.17) is 9.51 Å². The molecule has 26 heavy (non-hydrogen) atoms. The van der Waals surface area contributed by atoms with Gasteiger partial charge in [0.25, 0.3) is 5.91 Å². The van der Waals surface area contributed by atoms with Gasteiger partial charge in [0.15, 0.2) is 0 Å². The third kappa shape index (κ3) is 3.62. The van der Waals surface area contributed by atoms with Crippen molar-refractivity contribution in [1.29, 1.82) is 0 Å². The molecule has 0 saturated carbocycles. The first kappa shape index (κ1) is 18.5. The first-order chi connectivity index (χ1) is 12.4. The summed E-state index contributed by atoms with van der Waals surface area (Å²) < 4.78 is 5.31. The molecule has 0 spiro atoms. The summed E-state index contributed by atoms with van der Waals surface area (Å²) in [6.07, 6.45) is 5.41. The highest BCUT2D eigenvalue weighted by molar-refractivity contribution is 5.96. The molecule has 7 nitrogen and oxygen atoms in total. The predicted octanol–water partition coefficient (Wildman–Crippen LogP) is 2.94. The van der Waals surface area contributed by atoms with Gasteiger partial charge >= 0.3 is 0 Å². The summed E-state index contributed by atoms with van der Waals surface area (Å²) in [5.74, 6) is 0.696. The molecule has 0 N–H and O–H groups in total. The van der Waals surface area contributed by atoms with Crippen LogP contribution in [0, 0.1) is 6.92 Å². The van der Waals surface area contributed by atoms with E-state index < -0.39 is 0 Å². The van der Waals surface area contributed by atoms with Crippen LogP contribution in [0.25, 0.3) is 0 Å². The zero-order valence-electron chi connectivity index (χ0n) is 16.2. The first-order valence-corrected chi connectivity index (χ1v) is 9.11. The molecule has 1 amide bonds. The SMILES string of the molecule is Cc1onc(C(C)C)c1C(=O)N1CCCC1c1cncc(CN(C)C)n1. The van der Waals surface area contributed by atoms with Crippen molar-refractivity contribution in [2.45, 2.75) is 52.1 Å². The molecule has 1 saturated heterocycles. The monoisotopic (exact) mass is 357 g/mol. The molecule has 7 heteroatoms. The van der Waals surface area contributed by atoms with Crippen LogP contribution in [0.3, 0.4) is 0 Å². The average molecular weight is 357 g/mol. The Morgan fingerprint density at radius 3 is 2.85 bits per heavy atom. The molecule has 3 heterocycles. The van der Waals surface area contributed by atoms with Gasteiger partial charge in [-0.05, 0) is 39.8 Å². The average Bonchev–Trinajstić information content (AvgIpc) is 3.20. The number of carbonyl (C=O) groups is 1. The zero-order chi connectivity index (χ0) is 18.8. The van der Waals surface area contributed by atoms with E-state index in [2.05, 4.69) is 15.0 Å². The number of carbonyl (C=O) groups excluding carboxylic acids is 1. The fourth-order valence-corrected chi connectivity index (χ4v) is 3.49. The highest BCUT2D eigenvalue weighted by atomic mass is 16.5. The summed E-state index contributed by atoms with van der Waals surface area (Å²) in [6.45, 7) is 7.28. The maximum atomic E-state index is 13.3. The van der Waals surface area contributed by atoms with Crippen molar-refractivity contribution < 1.29 is 9.32 Å². The number of aryl methyl sites for hydroxylation is 1. The number of amides is 1. The van der Waals surface area contributed by atoms with Crippen molar-refractivity contribution in [3.63, 3.8) is 0 Å². The van der Waals surface area contributed by atoms with E-state index in [1.807, 2.05) is 32.8 Å². The minimum Gasteiger partial charge on any atom is -0.361 e. The smallest absolute Gasteiger partial charge is 0.259 e. The summed E-state index contributed by atoms with van der Waals surface area (Å²) in [5, 5.41) is 4.10. The highest BCUT2D eigenvalue weighted by Crippen LogP contribution is 2.34. The predicted molar refractivity (Wildman–Crippen MR) is 97.8 cm³/mol. The molecule has 1 fully saturated rings. The number of rotatable bonds is 5. The summed E-state index contributed by atoms with van der Waals surface area (Å²) in [6, 6.07) is -0.0496. The van der Waals surface area contributed by atoms with Gasteiger partial charge in [0.2, 0.25) is 0 Å². The van der Waals surface area contributed by atoms with Crippen molar-refractivity contribution in [3.05, 3.63) is 40.8 Å². The zero-order valence-corrected chi connectivity index (χ0v) is 16.2. The lowest BCUT2D eigenvalue weighted by Crippen LogP contribution is -2.32. The largest absolute Gasteiger partial charge is 0.361 e. The van der Waals surface area contributed by atoms with E-state index in [0.717, 1.165) is 36.5 Å². The van der Waals surface area contributed by atoms with E-state index in [9.17, 15) is 4.79 Å². The lowest BCUT2D eigenvalue weighted by Gasteiger charge is -2.25. The maximum Gasteiger partial charge on any atom is 0.259 e. The fourth-order valence-electron chi connectivity index (χ4n) is 3.49. The summed E-state index contributed by atoms with van der Waals surface area (Å²) >= 11 is 0. The molecular weight excluding hydrogens is 330 g/mol. The highest BCUT2D eigenvalue weighted by Gasteiger charge is 2.35. The van der Waals surface area contributed by atoms with Gasteiger partial charge in [-0.1, -0.05) is 19.0 Å². The molecule has 1 aliphatic heterocycles. The molecule has 1 aliphatic rings. The van der Waals surface area contributed by atoms with Gasteiger partial charge in [-0.25, -0.2) is 0 Å². The molecule has 2 aromatic rings. The van der Waals surface area contributed by atoms with Crippen LogP contribution in [0.4, 0.5) is 0 Å². The topological polar surface area (TPSA) is 75.4 Å². The second-order valence-corrected chi connectivity index (χ2v) is 7.48. The lowest BCUT2D eigenvalue weighted by atomic mass is 10.0. The quantitative estimate of drug-likeness (QED) is 0.819. The van der Waals surface area contributed by atoms with Gasteiger partial charge in [0.1, 0.15) is 11.3 Å². The molecule has 1 unspecified atom stereocenters. The van der Waals surface area contributed by atoms with E-state index in [-0.39, 0.29) is 17.9 Å². The van der Waals surface area contributed by atoms with Gasteiger partial charge < -0.3 is 14.3 Å². The third-order valence-corrected chi connectivity index (χ3v) is 4.69. The number of nitrogens with zero attached hydrogens (tertiary/aromatic N) is 5. The Hall–Kier alpha value is -2.28. The Bertz CT molecular complexity index is 784. The normalized spacial score (nSPS) is 17.5. The van der Waals surface area contributed by atoms with E-state index in [0.29, 0.717) is 17.9 Å². The second kappa shape index (κ2) is 7.53. The third-order valence-electron chi connectivity index (χ3n) is 4.69. The summed E-state index contributed by atoms with van der Waals surface area (Å²) in [4.78, 5) is 26.3. The van der Waals surface area contributed by atoms with Crippen molar-refractivity contribution >= 4 is 5.91 Å². The van der Waals surface area contributed by atoms with Crippen LogP contribution in [-0.2, 0) is 6.54 Å². The van der Waals surface area contributed by atoms with Gasteiger partial charge in [-0.2, -0.15) is 0 Å². The number of likely N-dealkylation sites (tertiary alicyclic amines) is 1. The second-order valence-electron chi connectivity index (χ2n) is 7.48. The summed E-state index contributed by atoms with van der Waals surface area (Å²) in [7, 11) is 4.00. The Morgan fingerprint density at radius 1 is 1.38 bits per heavy atom. The number of aromatic nitrogens is 3. The Labute approximate surface area is 154 Å². The van der Waals surface area contributed by atoms with Crippen LogP contribution in [0.5, 0.6) is 0 Å². The summed E-state index contributed by atoms with van der Waals surface area (Å²) in [5.41, 5.74) is 3.10. The molecule has 140 valence electrons. The Balaban J connectivity index is 1.89. The molecule has 0 aromatic carbocycles. The molecule has 1 atom stereocenters.